The van der Waals surface area contributed by atoms with Crippen molar-refractivity contribution in [3.05, 3.63) is 90.3 Å². The molecule has 4 rings (SSSR count). The van der Waals surface area contributed by atoms with Crippen molar-refractivity contribution in [2.45, 2.75) is 20.3 Å². The van der Waals surface area contributed by atoms with E-state index >= 15 is 0 Å². The molecule has 2 heterocycles. The first-order valence-electron chi connectivity index (χ1n) is 11.1. The Hall–Kier alpha value is -4.31. The van der Waals surface area contributed by atoms with Crippen LogP contribution in [0.25, 0.3) is 0 Å². The van der Waals surface area contributed by atoms with Crippen molar-refractivity contribution in [2.24, 2.45) is 4.99 Å². The summed E-state index contributed by atoms with van der Waals surface area (Å²) in [5, 5.41) is 13.2. The molecule has 5 N–H and O–H groups in total. The highest BCUT2D eigenvalue weighted by Crippen LogP contribution is 2.18. The first kappa shape index (κ1) is 23.8. The lowest BCUT2D eigenvalue weighted by atomic mass is 10.2. The van der Waals surface area contributed by atoms with Crippen LogP contribution in [0.3, 0.4) is 0 Å². The lowest BCUT2D eigenvalue weighted by molar-refractivity contribution is 0.927. The van der Waals surface area contributed by atoms with Crippen LogP contribution in [0.2, 0.25) is 0 Å². The van der Waals surface area contributed by atoms with Crippen molar-refractivity contribution in [2.75, 3.05) is 22.5 Å². The monoisotopic (exact) mass is 485 g/mol. The number of nitrogens with zero attached hydrogens (tertiary/aromatic N) is 4. The maximum absolute atomic E-state index is 5.53. The van der Waals surface area contributed by atoms with Crippen molar-refractivity contribution in [3.8, 4) is 0 Å². The van der Waals surface area contributed by atoms with Crippen LogP contribution in [0.5, 0.6) is 0 Å². The summed E-state index contributed by atoms with van der Waals surface area (Å²) < 4.78 is 0. The molecule has 0 bridgehead atoms. The smallest absolute Gasteiger partial charge is 0.229 e. The standard InChI is InChI=1S/C25H27N9S/c1-17-14-18(2)30-24(29-17)33-23(27-13-12-22-15-26-16-28-22)34-25(35)32-21-10-8-20(9-11-21)31-19-6-4-3-5-7-19/h3-11,14-16,31H,12-13H2,1-2H3,(H,26,28)(H3,27,29,30,32,33,34,35). The van der Waals surface area contributed by atoms with Crippen LogP contribution in [0.15, 0.2) is 78.2 Å². The molecule has 0 spiro atoms. The van der Waals surface area contributed by atoms with E-state index in [0.29, 0.717) is 30.0 Å². The summed E-state index contributed by atoms with van der Waals surface area (Å²) >= 11 is 5.53. The van der Waals surface area contributed by atoms with Gasteiger partial charge < -0.3 is 20.9 Å². The minimum atomic E-state index is 0.394. The number of thiocarbonyl (C=S) groups is 1. The van der Waals surface area contributed by atoms with Crippen LogP contribution in [0.4, 0.5) is 23.0 Å². The number of aliphatic imine (C=N–C) groups is 1. The van der Waals surface area contributed by atoms with Gasteiger partial charge in [0.15, 0.2) is 5.11 Å². The van der Waals surface area contributed by atoms with E-state index in [2.05, 4.69) is 46.2 Å². The summed E-state index contributed by atoms with van der Waals surface area (Å²) in [7, 11) is 0. The predicted molar refractivity (Wildman–Crippen MR) is 145 cm³/mol. The molecule has 9 nitrogen and oxygen atoms in total. The Balaban J connectivity index is 1.39. The molecule has 178 valence electrons. The van der Waals surface area contributed by atoms with Gasteiger partial charge in [0.2, 0.25) is 11.9 Å². The number of aromatic amines is 1. The van der Waals surface area contributed by atoms with E-state index < -0.39 is 0 Å². The van der Waals surface area contributed by atoms with Gasteiger partial charge in [-0.05, 0) is 68.5 Å². The minimum absolute atomic E-state index is 0.394. The van der Waals surface area contributed by atoms with E-state index in [4.69, 9.17) is 12.2 Å². The van der Waals surface area contributed by atoms with E-state index in [1.807, 2.05) is 74.5 Å². The zero-order valence-corrected chi connectivity index (χ0v) is 20.4. The fourth-order valence-electron chi connectivity index (χ4n) is 3.30. The predicted octanol–water partition coefficient (Wildman–Crippen LogP) is 4.56. The molecule has 0 fully saturated rings. The van der Waals surface area contributed by atoms with Crippen LogP contribution >= 0.6 is 12.2 Å². The number of rotatable bonds is 7. The van der Waals surface area contributed by atoms with Crippen molar-refractivity contribution in [3.63, 3.8) is 0 Å². The Morgan fingerprint density at radius 3 is 2.29 bits per heavy atom. The van der Waals surface area contributed by atoms with Gasteiger partial charge in [-0.2, -0.15) is 0 Å². The average Bonchev–Trinajstić information content (AvgIpc) is 3.34. The third-order valence-electron chi connectivity index (χ3n) is 4.86. The number of guanidine groups is 1. The van der Waals surface area contributed by atoms with E-state index in [0.717, 1.165) is 34.1 Å². The van der Waals surface area contributed by atoms with E-state index in [9.17, 15) is 0 Å². The number of aryl methyl sites for hydroxylation is 2. The maximum Gasteiger partial charge on any atom is 0.229 e. The number of aromatic nitrogens is 4. The van der Waals surface area contributed by atoms with E-state index in [-0.39, 0.29) is 0 Å². The Morgan fingerprint density at radius 2 is 1.60 bits per heavy atom. The van der Waals surface area contributed by atoms with Gasteiger partial charge in [-0.25, -0.2) is 15.0 Å². The van der Waals surface area contributed by atoms with Crippen molar-refractivity contribution >= 4 is 46.3 Å². The van der Waals surface area contributed by atoms with Gasteiger partial charge in [0.25, 0.3) is 0 Å². The Morgan fingerprint density at radius 1 is 0.914 bits per heavy atom. The largest absolute Gasteiger partial charge is 0.356 e. The molecule has 0 radical (unpaired) electrons. The van der Waals surface area contributed by atoms with Gasteiger partial charge in [-0.15, -0.1) is 0 Å². The second-order valence-corrected chi connectivity index (χ2v) is 8.21. The number of H-pyrrole nitrogens is 1. The second-order valence-electron chi connectivity index (χ2n) is 7.80. The molecule has 0 aliphatic rings. The van der Waals surface area contributed by atoms with Gasteiger partial charge in [-0.3, -0.25) is 10.3 Å². The van der Waals surface area contributed by atoms with Gasteiger partial charge in [0, 0.05) is 53.3 Å². The Labute approximate surface area is 209 Å². The highest BCUT2D eigenvalue weighted by molar-refractivity contribution is 7.80. The van der Waals surface area contributed by atoms with E-state index in [1.54, 1.807) is 12.5 Å². The fraction of sp³-hybridized carbons (Fsp3) is 0.160. The van der Waals surface area contributed by atoms with Gasteiger partial charge >= 0.3 is 0 Å². The van der Waals surface area contributed by atoms with Gasteiger partial charge in [-0.1, -0.05) is 18.2 Å². The lowest BCUT2D eigenvalue weighted by Crippen LogP contribution is -2.39. The molecule has 4 aromatic rings. The highest BCUT2D eigenvalue weighted by atomic mass is 32.1. The summed E-state index contributed by atoms with van der Waals surface area (Å²) in [5.41, 5.74) is 5.58. The summed E-state index contributed by atoms with van der Waals surface area (Å²) in [6.07, 6.45) is 4.14. The Bertz CT molecular complexity index is 1250. The summed E-state index contributed by atoms with van der Waals surface area (Å²) in [4.78, 5) is 20.6. The quantitative estimate of drug-likeness (QED) is 0.147. The van der Waals surface area contributed by atoms with Crippen molar-refractivity contribution < 1.29 is 0 Å². The molecule has 0 amide bonds. The molecule has 0 atom stereocenters. The third-order valence-corrected chi connectivity index (χ3v) is 5.06. The maximum atomic E-state index is 5.53. The molecular weight excluding hydrogens is 458 g/mol. The first-order valence-corrected chi connectivity index (χ1v) is 11.6. The Kier molecular flexibility index (Phi) is 7.97. The van der Waals surface area contributed by atoms with Crippen LogP contribution in [0, 0.1) is 13.8 Å². The van der Waals surface area contributed by atoms with Crippen LogP contribution in [0.1, 0.15) is 17.1 Å². The number of anilines is 4. The van der Waals surface area contributed by atoms with E-state index in [1.165, 1.54) is 0 Å². The lowest BCUT2D eigenvalue weighted by Gasteiger charge is -2.15. The highest BCUT2D eigenvalue weighted by Gasteiger charge is 2.08. The number of nitrogens with one attached hydrogen (secondary N) is 5. The second kappa shape index (κ2) is 11.7. The van der Waals surface area contributed by atoms with Gasteiger partial charge in [0.05, 0.1) is 6.33 Å². The first-order chi connectivity index (χ1) is 17.0. The number of imidazole rings is 1. The van der Waals surface area contributed by atoms with Crippen LogP contribution in [-0.2, 0) is 6.42 Å². The molecule has 35 heavy (non-hydrogen) atoms. The summed E-state index contributed by atoms with van der Waals surface area (Å²) in [5.74, 6) is 0.906. The normalized spacial score (nSPS) is 11.1. The zero-order valence-electron chi connectivity index (χ0n) is 19.5. The SMILES string of the molecule is Cc1cc(C)nc(NC(=NCCc2cnc[nH]2)NC(=S)Nc2ccc(Nc3ccccc3)cc2)n1. The molecule has 2 aromatic carbocycles. The minimum Gasteiger partial charge on any atom is -0.356 e. The van der Waals surface area contributed by atoms with Crippen LogP contribution < -0.4 is 21.3 Å². The molecule has 0 unspecified atom stereocenters. The summed E-state index contributed by atoms with van der Waals surface area (Å²) in [6, 6.07) is 19.8. The third kappa shape index (κ3) is 7.61. The number of benzene rings is 2. The fourth-order valence-corrected chi connectivity index (χ4v) is 3.52. The van der Waals surface area contributed by atoms with Crippen LogP contribution in [-0.4, -0.2) is 37.6 Å². The number of para-hydroxylation sites is 1. The molecule has 0 aliphatic carbocycles. The molecule has 0 saturated carbocycles. The molecular formula is C25H27N9S. The number of hydrogen-bond donors (Lipinski definition) is 5. The van der Waals surface area contributed by atoms with Crippen molar-refractivity contribution in [1.82, 2.24) is 25.3 Å². The number of hydrogen-bond acceptors (Lipinski definition) is 6. The average molecular weight is 486 g/mol. The topological polar surface area (TPSA) is 115 Å². The van der Waals surface area contributed by atoms with Gasteiger partial charge in [0.1, 0.15) is 0 Å². The molecule has 10 heteroatoms. The molecule has 2 aromatic heterocycles. The molecule has 0 saturated heterocycles. The zero-order chi connectivity index (χ0) is 24.5. The van der Waals surface area contributed by atoms with Crippen molar-refractivity contribution in [1.29, 1.82) is 0 Å². The summed E-state index contributed by atoms with van der Waals surface area (Å²) in [6.45, 7) is 4.36. The molecule has 0 aliphatic heterocycles.